The fourth-order valence-electron chi connectivity index (χ4n) is 3.31. The molecule has 106 valence electrons. The molecule has 7 nitrogen and oxygen atoms in total. The van der Waals surface area contributed by atoms with Gasteiger partial charge in [0.15, 0.2) is 0 Å². The molecule has 2 aliphatic heterocycles. The van der Waals surface area contributed by atoms with Crippen molar-refractivity contribution < 1.29 is 28.6 Å². The van der Waals surface area contributed by atoms with Gasteiger partial charge >= 0.3 is 18.0 Å². The lowest BCUT2D eigenvalue weighted by Gasteiger charge is -2.24. The van der Waals surface area contributed by atoms with Crippen LogP contribution in [0.4, 0.5) is 4.79 Å². The van der Waals surface area contributed by atoms with Gasteiger partial charge in [-0.2, -0.15) is 0 Å². The second-order valence-corrected chi connectivity index (χ2v) is 4.69. The quantitative estimate of drug-likeness (QED) is 0.526. The molecule has 0 aliphatic carbocycles. The molecule has 2 aliphatic rings. The summed E-state index contributed by atoms with van der Waals surface area (Å²) in [5, 5.41) is 0. The minimum Gasteiger partial charge on any atom is -0.469 e. The Balaban J connectivity index is 2.34. The molecule has 2 heterocycles. The first-order valence-electron chi connectivity index (χ1n) is 6.08. The Kier molecular flexibility index (Phi) is 3.64. The van der Waals surface area contributed by atoms with Gasteiger partial charge in [-0.1, -0.05) is 0 Å². The second kappa shape index (κ2) is 5.07. The van der Waals surface area contributed by atoms with Crippen LogP contribution in [-0.4, -0.2) is 56.3 Å². The van der Waals surface area contributed by atoms with Gasteiger partial charge in [-0.05, 0) is 12.8 Å². The zero-order valence-corrected chi connectivity index (χ0v) is 11.1. The molecule has 4 atom stereocenters. The van der Waals surface area contributed by atoms with Crippen LogP contribution in [0, 0.1) is 11.8 Å². The molecule has 7 heteroatoms. The number of carbonyl (C=O) groups is 3. The maximum Gasteiger partial charge on any atom is 0.410 e. The third kappa shape index (κ3) is 1.93. The molecule has 0 unspecified atom stereocenters. The SMILES string of the molecule is COC(=O)[C@@H]1[C@H](C(=O)OC)[C@@H]2CC[C@H]1N2C(=O)OC. The number of fused-ring (bicyclic) bond motifs is 2. The van der Waals surface area contributed by atoms with Crippen LogP contribution in [0.15, 0.2) is 0 Å². The van der Waals surface area contributed by atoms with Crippen molar-refractivity contribution >= 4 is 18.0 Å². The molecule has 0 aromatic carbocycles. The highest BCUT2D eigenvalue weighted by atomic mass is 16.5. The van der Waals surface area contributed by atoms with E-state index in [0.717, 1.165) is 0 Å². The van der Waals surface area contributed by atoms with Crippen LogP contribution in [0.2, 0.25) is 0 Å². The van der Waals surface area contributed by atoms with Crippen LogP contribution in [0.1, 0.15) is 12.8 Å². The average molecular weight is 271 g/mol. The number of nitrogens with zero attached hydrogens (tertiary/aromatic N) is 1. The molecule has 0 radical (unpaired) electrons. The first kappa shape index (κ1) is 13.6. The van der Waals surface area contributed by atoms with E-state index in [1.807, 2.05) is 0 Å². The standard InChI is InChI=1S/C12H17NO6/c1-17-10(14)8-6-4-5-7(9(8)11(15)18-2)13(6)12(16)19-3/h6-9H,4-5H2,1-3H3/t6-,7+,8+,9-. The van der Waals surface area contributed by atoms with Crippen molar-refractivity contribution in [3.05, 3.63) is 0 Å². The number of hydrogen-bond acceptors (Lipinski definition) is 6. The van der Waals surface area contributed by atoms with Gasteiger partial charge < -0.3 is 19.1 Å². The summed E-state index contributed by atoms with van der Waals surface area (Å²) in [5.74, 6) is -2.32. The fourth-order valence-corrected chi connectivity index (χ4v) is 3.31. The summed E-state index contributed by atoms with van der Waals surface area (Å²) in [5.41, 5.74) is 0. The van der Waals surface area contributed by atoms with Gasteiger partial charge in [0.05, 0.1) is 33.2 Å². The molecule has 0 aromatic rings. The van der Waals surface area contributed by atoms with E-state index in [2.05, 4.69) is 0 Å². The number of ether oxygens (including phenoxy) is 3. The highest BCUT2D eigenvalue weighted by Crippen LogP contribution is 2.47. The molecular formula is C12H17NO6. The molecule has 0 N–H and O–H groups in total. The number of amides is 1. The third-order valence-electron chi connectivity index (χ3n) is 4.02. The van der Waals surface area contributed by atoms with Crippen molar-refractivity contribution in [1.29, 1.82) is 0 Å². The van der Waals surface area contributed by atoms with Crippen molar-refractivity contribution in [1.82, 2.24) is 4.90 Å². The summed E-state index contributed by atoms with van der Waals surface area (Å²) in [6, 6.07) is -0.706. The molecule has 0 saturated carbocycles. The fraction of sp³-hybridized carbons (Fsp3) is 0.750. The Labute approximate surface area is 110 Å². The Hall–Kier alpha value is -1.79. The van der Waals surface area contributed by atoms with Gasteiger partial charge in [-0.15, -0.1) is 0 Å². The van der Waals surface area contributed by atoms with Gasteiger partial charge in [0.25, 0.3) is 0 Å². The summed E-state index contributed by atoms with van der Waals surface area (Å²) >= 11 is 0. The summed E-state index contributed by atoms with van der Waals surface area (Å²) in [7, 11) is 3.82. The largest absolute Gasteiger partial charge is 0.469 e. The lowest BCUT2D eigenvalue weighted by atomic mass is 9.79. The van der Waals surface area contributed by atoms with Crippen molar-refractivity contribution in [2.75, 3.05) is 21.3 Å². The van der Waals surface area contributed by atoms with Crippen molar-refractivity contribution in [3.8, 4) is 0 Å². The monoisotopic (exact) mass is 271 g/mol. The average Bonchev–Trinajstić information content (AvgIpc) is 3.00. The van der Waals surface area contributed by atoms with E-state index in [-0.39, 0.29) is 12.1 Å². The number of rotatable bonds is 2. The van der Waals surface area contributed by atoms with E-state index in [9.17, 15) is 14.4 Å². The second-order valence-electron chi connectivity index (χ2n) is 4.69. The van der Waals surface area contributed by atoms with Crippen molar-refractivity contribution in [2.45, 2.75) is 24.9 Å². The molecule has 1 amide bonds. The predicted octanol–water partition coefficient (Wildman–Crippen LogP) is 0.178. The zero-order chi connectivity index (χ0) is 14.2. The molecule has 2 bridgehead atoms. The van der Waals surface area contributed by atoms with E-state index in [0.29, 0.717) is 12.8 Å². The van der Waals surface area contributed by atoms with E-state index in [4.69, 9.17) is 14.2 Å². The van der Waals surface area contributed by atoms with Crippen LogP contribution in [0.3, 0.4) is 0 Å². The molecule has 2 fully saturated rings. The minimum atomic E-state index is -0.671. The Bertz CT molecular complexity index is 379. The van der Waals surface area contributed by atoms with Crippen LogP contribution in [0.5, 0.6) is 0 Å². The molecule has 0 spiro atoms. The lowest BCUT2D eigenvalue weighted by molar-refractivity contribution is -0.157. The summed E-state index contributed by atoms with van der Waals surface area (Å²) in [4.78, 5) is 37.0. The smallest absolute Gasteiger partial charge is 0.410 e. The summed E-state index contributed by atoms with van der Waals surface area (Å²) < 4.78 is 14.2. The summed E-state index contributed by atoms with van der Waals surface area (Å²) in [6.07, 6.45) is 0.799. The van der Waals surface area contributed by atoms with Crippen LogP contribution in [-0.2, 0) is 23.8 Å². The van der Waals surface area contributed by atoms with Crippen LogP contribution < -0.4 is 0 Å². The van der Waals surface area contributed by atoms with Crippen LogP contribution >= 0.6 is 0 Å². The maximum atomic E-state index is 11.9. The Morgan fingerprint density at radius 1 is 0.842 bits per heavy atom. The van der Waals surface area contributed by atoms with Crippen molar-refractivity contribution in [2.24, 2.45) is 11.8 Å². The number of hydrogen-bond donors (Lipinski definition) is 0. The number of methoxy groups -OCH3 is 3. The van der Waals surface area contributed by atoms with Gasteiger partial charge in [0.2, 0.25) is 0 Å². The topological polar surface area (TPSA) is 82.1 Å². The zero-order valence-electron chi connectivity index (χ0n) is 11.1. The van der Waals surface area contributed by atoms with Gasteiger partial charge in [0, 0.05) is 12.1 Å². The molecule has 2 rings (SSSR count). The van der Waals surface area contributed by atoms with E-state index < -0.39 is 29.9 Å². The Morgan fingerprint density at radius 3 is 1.58 bits per heavy atom. The molecule has 19 heavy (non-hydrogen) atoms. The van der Waals surface area contributed by atoms with Gasteiger partial charge in [0.1, 0.15) is 0 Å². The maximum absolute atomic E-state index is 11.9. The molecule has 0 aromatic heterocycles. The lowest BCUT2D eigenvalue weighted by Crippen LogP contribution is -2.39. The van der Waals surface area contributed by atoms with E-state index in [1.54, 1.807) is 0 Å². The summed E-state index contributed by atoms with van der Waals surface area (Å²) in [6.45, 7) is 0. The van der Waals surface area contributed by atoms with Gasteiger partial charge in [-0.25, -0.2) is 4.79 Å². The Morgan fingerprint density at radius 2 is 1.26 bits per heavy atom. The molecular weight excluding hydrogens is 254 g/mol. The first-order chi connectivity index (χ1) is 9.06. The predicted molar refractivity (Wildman–Crippen MR) is 62.1 cm³/mol. The molecule has 2 saturated heterocycles. The highest BCUT2D eigenvalue weighted by molar-refractivity contribution is 5.86. The van der Waals surface area contributed by atoms with E-state index in [1.165, 1.54) is 26.2 Å². The first-order valence-corrected chi connectivity index (χ1v) is 6.08. The van der Waals surface area contributed by atoms with Crippen LogP contribution in [0.25, 0.3) is 0 Å². The number of esters is 2. The van der Waals surface area contributed by atoms with Crippen molar-refractivity contribution in [3.63, 3.8) is 0 Å². The normalized spacial score (nSPS) is 32.1. The minimum absolute atomic E-state index is 0.353. The number of carbonyl (C=O) groups excluding carboxylic acids is 3. The third-order valence-corrected chi connectivity index (χ3v) is 4.02. The van der Waals surface area contributed by atoms with Gasteiger partial charge in [-0.3, -0.25) is 9.59 Å². The van der Waals surface area contributed by atoms with E-state index >= 15 is 0 Å². The highest BCUT2D eigenvalue weighted by Gasteiger charge is 2.61.